The largest absolute Gasteiger partial charge is 0.359 e. The van der Waals surface area contributed by atoms with Crippen LogP contribution in [0.4, 0.5) is 0 Å². The fraction of sp³-hybridized carbons (Fsp3) is 0. The van der Waals surface area contributed by atoms with Gasteiger partial charge in [0, 0.05) is 17.6 Å². The van der Waals surface area contributed by atoms with Crippen molar-refractivity contribution in [3.05, 3.63) is 36.0 Å². The molecule has 0 aliphatic heterocycles. The Morgan fingerprint density at radius 2 is 2.36 bits per heavy atom. The van der Waals surface area contributed by atoms with E-state index >= 15 is 0 Å². The van der Waals surface area contributed by atoms with Crippen LogP contribution in [0.25, 0.3) is 10.9 Å². The van der Waals surface area contributed by atoms with Crippen LogP contribution in [0.2, 0.25) is 0 Å². The van der Waals surface area contributed by atoms with E-state index in [4.69, 9.17) is 5.26 Å². The summed E-state index contributed by atoms with van der Waals surface area (Å²) in [6, 6.07) is 10.7. The van der Waals surface area contributed by atoms with Crippen molar-refractivity contribution in [1.29, 1.82) is 5.26 Å². The highest BCUT2D eigenvalue weighted by Crippen LogP contribution is 2.14. The number of para-hydroxylation sites is 1. The third-order valence-electron chi connectivity index (χ3n) is 1.63. The van der Waals surface area contributed by atoms with Gasteiger partial charge >= 0.3 is 0 Å². The zero-order chi connectivity index (χ0) is 7.68. The minimum absolute atomic E-state index is 0.670. The van der Waals surface area contributed by atoms with Crippen molar-refractivity contribution < 1.29 is 0 Å². The summed E-state index contributed by atoms with van der Waals surface area (Å²) in [6.07, 6.45) is 1.71. The molecule has 0 amide bonds. The first-order valence-corrected chi connectivity index (χ1v) is 3.29. The summed E-state index contributed by atoms with van der Waals surface area (Å²) in [5, 5.41) is 9.63. The van der Waals surface area contributed by atoms with Gasteiger partial charge in [-0.3, -0.25) is 0 Å². The Bertz CT molecular complexity index is 420. The van der Waals surface area contributed by atoms with Gasteiger partial charge in [0.2, 0.25) is 0 Å². The standard InChI is InChI=1S/C9H5N2/c10-6-8-3-1-2-7-4-5-11-9(7)8/h1-3,5,11H. The lowest BCUT2D eigenvalue weighted by Gasteiger charge is -1.89. The summed E-state index contributed by atoms with van der Waals surface area (Å²) in [6.45, 7) is 0. The van der Waals surface area contributed by atoms with Gasteiger partial charge in [0.25, 0.3) is 0 Å². The highest BCUT2D eigenvalue weighted by atomic mass is 14.7. The molecule has 0 bridgehead atoms. The van der Waals surface area contributed by atoms with Gasteiger partial charge in [0.1, 0.15) is 6.07 Å². The van der Waals surface area contributed by atoms with E-state index in [9.17, 15) is 0 Å². The van der Waals surface area contributed by atoms with E-state index in [1.165, 1.54) is 0 Å². The Morgan fingerprint density at radius 1 is 1.45 bits per heavy atom. The predicted octanol–water partition coefficient (Wildman–Crippen LogP) is 1.84. The average Bonchev–Trinajstić information content (AvgIpc) is 2.50. The number of fused-ring (bicyclic) bond motifs is 1. The van der Waals surface area contributed by atoms with E-state index < -0.39 is 0 Å². The molecule has 2 aromatic rings. The molecule has 0 fully saturated rings. The number of nitrogens with one attached hydrogen (secondary N) is 1. The number of aromatic nitrogens is 1. The maximum atomic E-state index is 8.67. The molecule has 0 unspecified atom stereocenters. The van der Waals surface area contributed by atoms with Gasteiger partial charge in [0.05, 0.1) is 11.1 Å². The van der Waals surface area contributed by atoms with Gasteiger partial charge in [-0.15, -0.1) is 0 Å². The molecular weight excluding hydrogens is 136 g/mol. The number of nitrogens with zero attached hydrogens (tertiary/aromatic N) is 1. The molecule has 0 saturated heterocycles. The summed E-state index contributed by atoms with van der Waals surface area (Å²) < 4.78 is 0. The molecule has 0 aliphatic rings. The van der Waals surface area contributed by atoms with Crippen LogP contribution < -0.4 is 0 Å². The summed E-state index contributed by atoms with van der Waals surface area (Å²) in [7, 11) is 0. The minimum atomic E-state index is 0.670. The smallest absolute Gasteiger partial charge is 0.101 e. The van der Waals surface area contributed by atoms with Gasteiger partial charge in [-0.1, -0.05) is 12.1 Å². The summed E-state index contributed by atoms with van der Waals surface area (Å²) in [4.78, 5) is 2.96. The first-order chi connectivity index (χ1) is 5.42. The zero-order valence-corrected chi connectivity index (χ0v) is 5.76. The fourth-order valence-electron chi connectivity index (χ4n) is 1.11. The number of hydrogen-bond acceptors (Lipinski definition) is 1. The van der Waals surface area contributed by atoms with Crippen LogP contribution in [0.1, 0.15) is 5.56 Å². The highest BCUT2D eigenvalue weighted by molar-refractivity contribution is 5.83. The number of hydrogen-bond donors (Lipinski definition) is 1. The molecule has 0 saturated carbocycles. The summed E-state index contributed by atoms with van der Waals surface area (Å²) >= 11 is 0. The molecule has 0 atom stereocenters. The second kappa shape index (κ2) is 2.14. The number of benzene rings is 1. The van der Waals surface area contributed by atoms with Gasteiger partial charge in [-0.05, 0) is 6.07 Å². The maximum absolute atomic E-state index is 8.67. The average molecular weight is 141 g/mol. The monoisotopic (exact) mass is 141 g/mol. The van der Waals surface area contributed by atoms with Crippen molar-refractivity contribution in [2.45, 2.75) is 0 Å². The van der Waals surface area contributed by atoms with Crippen molar-refractivity contribution in [2.24, 2.45) is 0 Å². The van der Waals surface area contributed by atoms with Crippen LogP contribution in [0.5, 0.6) is 0 Å². The Labute approximate surface area is 64.1 Å². The third kappa shape index (κ3) is 0.786. The van der Waals surface area contributed by atoms with Gasteiger partial charge in [-0.25, -0.2) is 0 Å². The van der Waals surface area contributed by atoms with Crippen LogP contribution in [0, 0.1) is 17.4 Å². The maximum Gasteiger partial charge on any atom is 0.101 e. The van der Waals surface area contributed by atoms with E-state index in [2.05, 4.69) is 17.1 Å². The number of nitriles is 1. The second-order valence-corrected chi connectivity index (χ2v) is 2.27. The normalized spacial score (nSPS) is 9.73. The molecule has 1 radical (unpaired) electrons. The van der Waals surface area contributed by atoms with E-state index in [-0.39, 0.29) is 0 Å². The lowest BCUT2D eigenvalue weighted by Crippen LogP contribution is -1.75. The van der Waals surface area contributed by atoms with Crippen LogP contribution in [-0.2, 0) is 0 Å². The Balaban J connectivity index is 2.92. The Kier molecular flexibility index (Phi) is 1.16. The van der Waals surface area contributed by atoms with Crippen LogP contribution in [0.3, 0.4) is 0 Å². The van der Waals surface area contributed by atoms with Crippen molar-refractivity contribution in [3.63, 3.8) is 0 Å². The first kappa shape index (κ1) is 5.99. The number of rotatable bonds is 0. The fourth-order valence-corrected chi connectivity index (χ4v) is 1.11. The van der Waals surface area contributed by atoms with E-state index in [0.29, 0.717) is 5.56 Å². The molecule has 11 heavy (non-hydrogen) atoms. The van der Waals surface area contributed by atoms with Gasteiger partial charge < -0.3 is 4.98 Å². The molecule has 0 aliphatic carbocycles. The van der Waals surface area contributed by atoms with Crippen molar-refractivity contribution in [1.82, 2.24) is 4.98 Å². The quantitative estimate of drug-likeness (QED) is 0.597. The number of H-pyrrole nitrogens is 1. The van der Waals surface area contributed by atoms with Crippen molar-refractivity contribution in [2.75, 3.05) is 0 Å². The lowest BCUT2D eigenvalue weighted by atomic mass is 10.2. The van der Waals surface area contributed by atoms with Crippen LogP contribution >= 0.6 is 0 Å². The van der Waals surface area contributed by atoms with Crippen LogP contribution in [-0.4, -0.2) is 4.98 Å². The third-order valence-corrected chi connectivity index (χ3v) is 1.63. The zero-order valence-electron chi connectivity index (χ0n) is 5.76. The SMILES string of the molecule is N#Cc1cccc2[c]c[nH]c12. The molecule has 1 aromatic heterocycles. The highest BCUT2D eigenvalue weighted by Gasteiger charge is 1.98. The molecule has 2 nitrogen and oxygen atoms in total. The van der Waals surface area contributed by atoms with Gasteiger partial charge in [0.15, 0.2) is 0 Å². The molecule has 2 heteroatoms. The van der Waals surface area contributed by atoms with Crippen molar-refractivity contribution >= 4 is 10.9 Å². The van der Waals surface area contributed by atoms with E-state index in [1.54, 1.807) is 12.3 Å². The first-order valence-electron chi connectivity index (χ1n) is 3.29. The van der Waals surface area contributed by atoms with Crippen LogP contribution in [0.15, 0.2) is 24.4 Å². The Hall–Kier alpha value is -1.75. The summed E-state index contributed by atoms with van der Waals surface area (Å²) in [5.74, 6) is 0. The Morgan fingerprint density at radius 3 is 3.18 bits per heavy atom. The molecular formula is C9H5N2. The molecule has 2 rings (SSSR count). The van der Waals surface area contributed by atoms with E-state index in [1.807, 2.05) is 12.1 Å². The summed E-state index contributed by atoms with van der Waals surface area (Å²) in [5.41, 5.74) is 1.54. The molecule has 1 heterocycles. The van der Waals surface area contributed by atoms with Gasteiger partial charge in [-0.2, -0.15) is 5.26 Å². The molecule has 1 aromatic carbocycles. The molecule has 1 N–H and O–H groups in total. The second-order valence-electron chi connectivity index (χ2n) is 2.27. The van der Waals surface area contributed by atoms with E-state index in [0.717, 1.165) is 10.9 Å². The predicted molar refractivity (Wildman–Crippen MR) is 41.8 cm³/mol. The lowest BCUT2D eigenvalue weighted by molar-refractivity contribution is 1.44. The molecule has 0 spiro atoms. The minimum Gasteiger partial charge on any atom is -0.359 e. The number of aromatic amines is 1. The van der Waals surface area contributed by atoms with Crippen molar-refractivity contribution in [3.8, 4) is 6.07 Å². The topological polar surface area (TPSA) is 39.6 Å². The molecule has 51 valence electrons.